The first-order valence-corrected chi connectivity index (χ1v) is 14.6. The van der Waals surface area contributed by atoms with E-state index in [1.807, 2.05) is 18.7 Å². The number of rotatable bonds is 5. The standard InChI is InChI=1S/C24H33F2N3O4S2/c1-16(2)32-24(30)29-10-6-18(7-11-29)33-27-17-4-8-28(9-5-17)22-15-20(25)19(14-21(22)26)23-34-12-3-13-35(23)31/h14-16,18,23H,3-13H2,1-2H3. The summed E-state index contributed by atoms with van der Waals surface area (Å²) in [5, 5.41) is 4.33. The number of amides is 1. The minimum atomic E-state index is -1.19. The van der Waals surface area contributed by atoms with E-state index in [4.69, 9.17) is 9.57 Å². The Hall–Kier alpha value is -1.88. The topological polar surface area (TPSA) is 71.4 Å². The van der Waals surface area contributed by atoms with E-state index in [0.29, 0.717) is 57.6 Å². The van der Waals surface area contributed by atoms with Gasteiger partial charge in [-0.3, -0.25) is 4.21 Å². The second kappa shape index (κ2) is 11.9. The second-order valence-corrected chi connectivity index (χ2v) is 12.5. The smallest absolute Gasteiger partial charge is 0.410 e. The van der Waals surface area contributed by atoms with Crippen LogP contribution in [0.25, 0.3) is 0 Å². The highest BCUT2D eigenvalue weighted by molar-refractivity contribution is 8.11. The van der Waals surface area contributed by atoms with Gasteiger partial charge in [0.15, 0.2) is 0 Å². The van der Waals surface area contributed by atoms with Gasteiger partial charge in [0.25, 0.3) is 0 Å². The molecule has 3 heterocycles. The molecule has 2 atom stereocenters. The van der Waals surface area contributed by atoms with Gasteiger partial charge in [-0.15, -0.1) is 11.8 Å². The molecule has 3 saturated heterocycles. The molecule has 0 aromatic heterocycles. The quantitative estimate of drug-likeness (QED) is 0.509. The van der Waals surface area contributed by atoms with Crippen LogP contribution >= 0.6 is 11.8 Å². The number of carbonyl (C=O) groups excluding carboxylic acids is 1. The third-order valence-corrected chi connectivity index (χ3v) is 9.92. The van der Waals surface area contributed by atoms with Gasteiger partial charge in [-0.2, -0.15) is 0 Å². The fourth-order valence-corrected chi connectivity index (χ4v) is 7.81. The number of likely N-dealkylation sites (tertiary alicyclic amines) is 1. The summed E-state index contributed by atoms with van der Waals surface area (Å²) in [6.07, 6.45) is 2.94. The number of anilines is 1. The molecule has 4 rings (SSSR count). The van der Waals surface area contributed by atoms with Crippen molar-refractivity contribution < 1.29 is 27.4 Å². The predicted octanol–water partition coefficient (Wildman–Crippen LogP) is 4.83. The zero-order valence-corrected chi connectivity index (χ0v) is 21.8. The van der Waals surface area contributed by atoms with Gasteiger partial charge in [0.2, 0.25) is 0 Å². The molecule has 3 fully saturated rings. The highest BCUT2D eigenvalue weighted by Gasteiger charge is 2.29. The maximum Gasteiger partial charge on any atom is 0.410 e. The summed E-state index contributed by atoms with van der Waals surface area (Å²) in [6, 6.07) is 2.47. The molecule has 7 nitrogen and oxygen atoms in total. The van der Waals surface area contributed by atoms with Crippen molar-refractivity contribution >= 4 is 40.1 Å². The molecule has 0 aliphatic carbocycles. The molecule has 0 N–H and O–H groups in total. The van der Waals surface area contributed by atoms with E-state index in [9.17, 15) is 17.8 Å². The van der Waals surface area contributed by atoms with Crippen LogP contribution in [-0.2, 0) is 20.4 Å². The number of piperidine rings is 2. The van der Waals surface area contributed by atoms with Crippen molar-refractivity contribution in [3.8, 4) is 0 Å². The minimum absolute atomic E-state index is 0.0501. The molecule has 0 radical (unpaired) electrons. The number of carbonyl (C=O) groups is 1. The van der Waals surface area contributed by atoms with Gasteiger partial charge in [0.05, 0.1) is 17.5 Å². The first-order valence-electron chi connectivity index (χ1n) is 12.2. The maximum atomic E-state index is 14.9. The number of oxime groups is 1. The summed E-state index contributed by atoms with van der Waals surface area (Å²) in [5.41, 5.74) is 1.33. The first-order chi connectivity index (χ1) is 16.8. The van der Waals surface area contributed by atoms with E-state index >= 15 is 0 Å². The Kier molecular flexibility index (Phi) is 8.91. The van der Waals surface area contributed by atoms with Gasteiger partial charge in [-0.1, -0.05) is 5.16 Å². The van der Waals surface area contributed by atoms with E-state index in [2.05, 4.69) is 5.16 Å². The number of ether oxygens (including phenoxy) is 1. The van der Waals surface area contributed by atoms with Crippen LogP contribution < -0.4 is 4.90 Å². The molecule has 1 aromatic carbocycles. The van der Waals surface area contributed by atoms with Gasteiger partial charge in [-0.25, -0.2) is 13.6 Å². The van der Waals surface area contributed by atoms with Crippen LogP contribution in [0, 0.1) is 11.6 Å². The molecule has 1 aromatic rings. The number of hydrogen-bond donors (Lipinski definition) is 0. The monoisotopic (exact) mass is 529 g/mol. The Morgan fingerprint density at radius 3 is 2.51 bits per heavy atom. The van der Waals surface area contributed by atoms with Gasteiger partial charge in [-0.05, 0) is 32.1 Å². The van der Waals surface area contributed by atoms with Gasteiger partial charge >= 0.3 is 6.09 Å². The normalized spacial score (nSPS) is 24.0. The van der Waals surface area contributed by atoms with E-state index in [-0.39, 0.29) is 29.6 Å². The number of thioether (sulfide) groups is 1. The summed E-state index contributed by atoms with van der Waals surface area (Å²) >= 11 is 1.43. The number of nitrogens with zero attached hydrogens (tertiary/aromatic N) is 3. The van der Waals surface area contributed by atoms with Gasteiger partial charge in [0, 0.05) is 80.0 Å². The second-order valence-electron chi connectivity index (χ2n) is 9.34. The van der Waals surface area contributed by atoms with Crippen LogP contribution in [0.4, 0.5) is 19.3 Å². The van der Waals surface area contributed by atoms with Crippen LogP contribution in [0.15, 0.2) is 17.3 Å². The SMILES string of the molecule is CC(C)OC(=O)N1CCC(ON=C2CCN(c3cc(F)c(C4SCCCS4=O)cc3F)CC2)CC1. The summed E-state index contributed by atoms with van der Waals surface area (Å²) in [4.78, 5) is 21.2. The molecular formula is C24H33F2N3O4S2. The summed E-state index contributed by atoms with van der Waals surface area (Å²) in [6.45, 7) is 5.83. The summed E-state index contributed by atoms with van der Waals surface area (Å²) in [5.74, 6) is 0.351. The Morgan fingerprint density at radius 2 is 1.86 bits per heavy atom. The van der Waals surface area contributed by atoms with E-state index in [0.717, 1.165) is 17.9 Å². The zero-order valence-electron chi connectivity index (χ0n) is 20.2. The fraction of sp³-hybridized carbons (Fsp3) is 0.667. The molecular weight excluding hydrogens is 496 g/mol. The van der Waals surface area contributed by atoms with Crippen molar-refractivity contribution in [1.29, 1.82) is 0 Å². The average molecular weight is 530 g/mol. The first kappa shape index (κ1) is 26.2. The molecule has 11 heteroatoms. The highest BCUT2D eigenvalue weighted by Crippen LogP contribution is 2.39. The van der Waals surface area contributed by atoms with Gasteiger partial charge in [0.1, 0.15) is 22.3 Å². The summed E-state index contributed by atoms with van der Waals surface area (Å²) < 4.78 is 46.8. The molecule has 3 aliphatic rings. The van der Waals surface area contributed by atoms with Crippen LogP contribution in [0.1, 0.15) is 56.1 Å². The Labute approximate surface area is 212 Å². The Balaban J connectivity index is 1.28. The third kappa shape index (κ3) is 6.67. The van der Waals surface area contributed by atoms with Gasteiger partial charge < -0.3 is 19.4 Å². The third-order valence-electron chi connectivity index (χ3n) is 6.37. The van der Waals surface area contributed by atoms with Crippen molar-refractivity contribution in [2.45, 2.75) is 62.7 Å². The predicted molar refractivity (Wildman–Crippen MR) is 135 cm³/mol. The largest absolute Gasteiger partial charge is 0.447 e. The molecule has 0 saturated carbocycles. The zero-order chi connectivity index (χ0) is 24.9. The molecule has 194 valence electrons. The lowest BCUT2D eigenvalue weighted by Gasteiger charge is -2.32. The maximum absolute atomic E-state index is 14.9. The lowest BCUT2D eigenvalue weighted by Crippen LogP contribution is -2.41. The fourth-order valence-electron chi connectivity index (χ4n) is 4.45. The van der Waals surface area contributed by atoms with Crippen LogP contribution in [0.2, 0.25) is 0 Å². The molecule has 2 unspecified atom stereocenters. The molecule has 3 aliphatic heterocycles. The Bertz CT molecular complexity index is 960. The van der Waals surface area contributed by atoms with Crippen LogP contribution in [-0.4, -0.2) is 70.8 Å². The van der Waals surface area contributed by atoms with Crippen molar-refractivity contribution in [3.63, 3.8) is 0 Å². The molecule has 0 bridgehead atoms. The van der Waals surface area contributed by atoms with Crippen LogP contribution in [0.5, 0.6) is 0 Å². The number of hydrogen-bond acceptors (Lipinski definition) is 7. The molecule has 1 amide bonds. The van der Waals surface area contributed by atoms with E-state index in [1.165, 1.54) is 23.9 Å². The van der Waals surface area contributed by atoms with Crippen molar-refractivity contribution in [3.05, 3.63) is 29.3 Å². The van der Waals surface area contributed by atoms with E-state index in [1.54, 1.807) is 4.90 Å². The van der Waals surface area contributed by atoms with Crippen molar-refractivity contribution in [2.24, 2.45) is 5.16 Å². The average Bonchev–Trinajstić information content (AvgIpc) is 2.85. The molecule has 0 spiro atoms. The van der Waals surface area contributed by atoms with Crippen molar-refractivity contribution in [1.82, 2.24) is 4.90 Å². The summed E-state index contributed by atoms with van der Waals surface area (Å²) in [7, 11) is -1.19. The Morgan fingerprint density at radius 1 is 1.14 bits per heavy atom. The lowest BCUT2D eigenvalue weighted by atomic mass is 10.1. The minimum Gasteiger partial charge on any atom is -0.447 e. The highest BCUT2D eigenvalue weighted by atomic mass is 32.2. The van der Waals surface area contributed by atoms with Crippen LogP contribution in [0.3, 0.4) is 0 Å². The number of benzene rings is 1. The van der Waals surface area contributed by atoms with E-state index < -0.39 is 27.0 Å². The lowest BCUT2D eigenvalue weighted by molar-refractivity contribution is 0.00415. The molecule has 35 heavy (non-hydrogen) atoms. The number of halogens is 2. The van der Waals surface area contributed by atoms with Crippen molar-refractivity contribution in [2.75, 3.05) is 42.6 Å².